The van der Waals surface area contributed by atoms with Gasteiger partial charge in [0.1, 0.15) is 11.9 Å². The third kappa shape index (κ3) is 2.02. The van der Waals surface area contributed by atoms with E-state index in [0.717, 1.165) is 16.9 Å². The molecule has 1 unspecified atom stereocenters. The summed E-state index contributed by atoms with van der Waals surface area (Å²) in [5.74, 6) is 0.915. The monoisotopic (exact) mass is 216 g/mol. The average molecular weight is 216 g/mol. The third-order valence-electron chi connectivity index (χ3n) is 2.69. The van der Waals surface area contributed by atoms with Gasteiger partial charge in [-0.15, -0.1) is 0 Å². The lowest BCUT2D eigenvalue weighted by atomic mass is 9.99. The Morgan fingerprint density at radius 1 is 1.50 bits per heavy atom. The van der Waals surface area contributed by atoms with Crippen LogP contribution in [0.2, 0.25) is 0 Å². The van der Waals surface area contributed by atoms with Gasteiger partial charge in [0.2, 0.25) is 0 Å². The van der Waals surface area contributed by atoms with E-state index in [2.05, 4.69) is 19.6 Å². The molecule has 84 valence electrons. The molecule has 0 aliphatic carbocycles. The summed E-state index contributed by atoms with van der Waals surface area (Å²) in [5, 5.41) is 0. The molecule has 0 amide bonds. The van der Waals surface area contributed by atoms with Gasteiger partial charge in [0, 0.05) is 5.56 Å². The van der Waals surface area contributed by atoms with Gasteiger partial charge in [-0.2, -0.15) is 0 Å². The quantitative estimate of drug-likeness (QED) is 0.704. The maximum Gasteiger partial charge on any atom is 0.190 e. The first-order valence-corrected chi connectivity index (χ1v) is 5.36. The van der Waals surface area contributed by atoms with E-state index in [1.54, 1.807) is 6.08 Å². The lowest BCUT2D eigenvalue weighted by molar-refractivity contribution is -0.0435. The van der Waals surface area contributed by atoms with Crippen LogP contribution in [-0.2, 0) is 4.74 Å². The molecule has 0 saturated heterocycles. The van der Waals surface area contributed by atoms with Crippen molar-refractivity contribution in [3.05, 3.63) is 53.6 Å². The first-order valence-electron chi connectivity index (χ1n) is 5.36. The van der Waals surface area contributed by atoms with Crippen LogP contribution in [0.4, 0.5) is 0 Å². The third-order valence-corrected chi connectivity index (χ3v) is 2.69. The summed E-state index contributed by atoms with van der Waals surface area (Å²) < 4.78 is 11.1. The van der Waals surface area contributed by atoms with Gasteiger partial charge in [-0.1, -0.05) is 30.4 Å². The summed E-state index contributed by atoms with van der Waals surface area (Å²) in [6, 6.07) is 6.16. The molecule has 0 radical (unpaired) electrons. The Morgan fingerprint density at radius 3 is 3.06 bits per heavy atom. The van der Waals surface area contributed by atoms with Crippen LogP contribution in [0.5, 0.6) is 5.75 Å². The summed E-state index contributed by atoms with van der Waals surface area (Å²) in [6.45, 7) is 8.13. The van der Waals surface area contributed by atoms with Crippen LogP contribution >= 0.6 is 0 Å². The zero-order valence-electron chi connectivity index (χ0n) is 9.69. The largest absolute Gasteiger partial charge is 0.467 e. The highest BCUT2D eigenvalue weighted by Gasteiger charge is 2.23. The Morgan fingerprint density at radius 2 is 2.31 bits per heavy atom. The number of hydrogen-bond donors (Lipinski definition) is 0. The Bertz CT molecular complexity index is 432. The van der Waals surface area contributed by atoms with E-state index in [1.165, 1.54) is 5.56 Å². The summed E-state index contributed by atoms with van der Waals surface area (Å²) in [5.41, 5.74) is 3.45. The number of allylic oxidation sites excluding steroid dienone is 2. The van der Waals surface area contributed by atoms with E-state index >= 15 is 0 Å². The Labute approximate surface area is 96.2 Å². The number of ether oxygens (including phenoxy) is 2. The minimum absolute atomic E-state index is 0.0124. The zero-order chi connectivity index (χ0) is 11.5. The molecule has 1 aliphatic heterocycles. The van der Waals surface area contributed by atoms with Gasteiger partial charge >= 0.3 is 0 Å². The van der Waals surface area contributed by atoms with Crippen LogP contribution in [0.3, 0.4) is 0 Å². The second-order valence-corrected chi connectivity index (χ2v) is 4.00. The van der Waals surface area contributed by atoms with Gasteiger partial charge < -0.3 is 9.47 Å². The zero-order valence-corrected chi connectivity index (χ0v) is 9.69. The molecule has 0 aromatic heterocycles. The van der Waals surface area contributed by atoms with E-state index in [-0.39, 0.29) is 6.10 Å². The summed E-state index contributed by atoms with van der Waals surface area (Å²) >= 11 is 0. The van der Waals surface area contributed by atoms with Crippen molar-refractivity contribution in [2.24, 2.45) is 0 Å². The second kappa shape index (κ2) is 4.54. The van der Waals surface area contributed by atoms with Crippen LogP contribution in [0.15, 0.2) is 42.5 Å². The number of rotatable bonds is 2. The molecular formula is C14H16O2. The van der Waals surface area contributed by atoms with Crippen molar-refractivity contribution in [1.82, 2.24) is 0 Å². The van der Waals surface area contributed by atoms with Crippen LogP contribution in [0, 0.1) is 6.92 Å². The predicted octanol–water partition coefficient (Wildman–Crippen LogP) is 3.53. The van der Waals surface area contributed by atoms with E-state index in [9.17, 15) is 0 Å². The molecule has 2 nitrogen and oxygen atoms in total. The first-order chi connectivity index (χ1) is 7.72. The van der Waals surface area contributed by atoms with Gasteiger partial charge in [0.15, 0.2) is 6.79 Å². The SMILES string of the molecule is C=CC=C(C)C1OCOc2ccc(C)cc21. The fraction of sp³-hybridized carbons (Fsp3) is 0.286. The lowest BCUT2D eigenvalue weighted by Gasteiger charge is -2.27. The van der Waals surface area contributed by atoms with E-state index < -0.39 is 0 Å². The first kappa shape index (κ1) is 11.0. The molecule has 0 bridgehead atoms. The number of aryl methyl sites for hydroxylation is 1. The topological polar surface area (TPSA) is 18.5 Å². The van der Waals surface area contributed by atoms with Crippen molar-refractivity contribution in [2.75, 3.05) is 6.79 Å². The molecule has 1 aliphatic rings. The van der Waals surface area contributed by atoms with Crippen LogP contribution < -0.4 is 4.74 Å². The number of fused-ring (bicyclic) bond motifs is 1. The molecule has 0 N–H and O–H groups in total. The van der Waals surface area contributed by atoms with Crippen LogP contribution in [0.1, 0.15) is 24.2 Å². The maximum atomic E-state index is 5.64. The molecule has 1 aromatic rings. The van der Waals surface area contributed by atoms with E-state index in [4.69, 9.17) is 9.47 Å². The van der Waals surface area contributed by atoms with Gasteiger partial charge in [-0.05, 0) is 31.6 Å². The Kier molecular flexibility index (Phi) is 3.11. The van der Waals surface area contributed by atoms with Crippen molar-refractivity contribution >= 4 is 0 Å². The molecule has 16 heavy (non-hydrogen) atoms. The second-order valence-electron chi connectivity index (χ2n) is 4.00. The highest BCUT2D eigenvalue weighted by Crippen LogP contribution is 2.36. The van der Waals surface area contributed by atoms with Gasteiger partial charge in [0.05, 0.1) is 0 Å². The lowest BCUT2D eigenvalue weighted by Crippen LogP contribution is -2.18. The van der Waals surface area contributed by atoms with Crippen LogP contribution in [-0.4, -0.2) is 6.79 Å². The minimum atomic E-state index is -0.0124. The van der Waals surface area contributed by atoms with Gasteiger partial charge in [-0.3, -0.25) is 0 Å². The van der Waals surface area contributed by atoms with E-state index in [1.807, 2.05) is 25.1 Å². The average Bonchev–Trinajstić information content (AvgIpc) is 2.28. The predicted molar refractivity (Wildman–Crippen MR) is 64.5 cm³/mol. The number of benzene rings is 1. The van der Waals surface area contributed by atoms with Crippen molar-refractivity contribution in [2.45, 2.75) is 20.0 Å². The smallest absolute Gasteiger partial charge is 0.190 e. The van der Waals surface area contributed by atoms with Crippen LogP contribution in [0.25, 0.3) is 0 Å². The molecular weight excluding hydrogens is 200 g/mol. The molecule has 1 aromatic carbocycles. The molecule has 2 rings (SSSR count). The molecule has 2 heteroatoms. The van der Waals surface area contributed by atoms with Gasteiger partial charge in [0.25, 0.3) is 0 Å². The maximum absolute atomic E-state index is 5.64. The standard InChI is InChI=1S/C14H16O2/c1-4-5-11(3)14-12-8-10(2)6-7-13(12)15-9-16-14/h4-8,14H,1,9H2,2-3H3. The normalized spacial score (nSPS) is 19.9. The van der Waals surface area contributed by atoms with Crippen molar-refractivity contribution in [3.63, 3.8) is 0 Å². The highest BCUT2D eigenvalue weighted by molar-refractivity contribution is 5.42. The molecule has 0 fully saturated rings. The van der Waals surface area contributed by atoms with Crippen molar-refractivity contribution in [1.29, 1.82) is 0 Å². The minimum Gasteiger partial charge on any atom is -0.467 e. The number of hydrogen-bond acceptors (Lipinski definition) is 2. The fourth-order valence-corrected chi connectivity index (χ4v) is 1.91. The summed E-state index contributed by atoms with van der Waals surface area (Å²) in [6.07, 6.45) is 3.74. The van der Waals surface area contributed by atoms with E-state index in [0.29, 0.717) is 6.79 Å². The summed E-state index contributed by atoms with van der Waals surface area (Å²) in [4.78, 5) is 0. The van der Waals surface area contributed by atoms with Crippen molar-refractivity contribution < 1.29 is 9.47 Å². The molecule has 0 saturated carbocycles. The Balaban J connectivity index is 2.42. The molecule has 1 atom stereocenters. The fourth-order valence-electron chi connectivity index (χ4n) is 1.91. The Hall–Kier alpha value is -1.54. The highest BCUT2D eigenvalue weighted by atomic mass is 16.7. The summed E-state index contributed by atoms with van der Waals surface area (Å²) in [7, 11) is 0. The van der Waals surface area contributed by atoms with Gasteiger partial charge in [-0.25, -0.2) is 0 Å². The van der Waals surface area contributed by atoms with Crippen molar-refractivity contribution in [3.8, 4) is 5.75 Å². The molecule has 0 spiro atoms. The molecule has 1 heterocycles.